The molecule has 0 saturated heterocycles. The van der Waals surface area contributed by atoms with Crippen molar-refractivity contribution in [3.8, 4) is 0 Å². The zero-order valence-corrected chi connectivity index (χ0v) is 14.2. The number of aryl methyl sites for hydroxylation is 2. The van der Waals surface area contributed by atoms with Gasteiger partial charge < -0.3 is 0 Å². The van der Waals surface area contributed by atoms with E-state index in [2.05, 4.69) is 50.3 Å². The van der Waals surface area contributed by atoms with Crippen LogP contribution in [0.1, 0.15) is 54.2 Å². The van der Waals surface area contributed by atoms with Crippen molar-refractivity contribution in [3.05, 3.63) is 61.2 Å². The molecule has 2 aliphatic carbocycles. The van der Waals surface area contributed by atoms with Crippen molar-refractivity contribution in [2.75, 3.05) is 0 Å². The van der Waals surface area contributed by atoms with Crippen LogP contribution < -0.4 is 9.75 Å². The number of allylic oxidation sites excluding steroid dienone is 1. The van der Waals surface area contributed by atoms with Crippen molar-refractivity contribution in [2.45, 2.75) is 46.0 Å². The van der Waals surface area contributed by atoms with Crippen LogP contribution in [-0.2, 0) is 6.42 Å². The van der Waals surface area contributed by atoms with Gasteiger partial charge in [0.1, 0.15) is 0 Å². The molecule has 0 saturated carbocycles. The lowest BCUT2D eigenvalue weighted by Crippen LogP contribution is -2.25. The van der Waals surface area contributed by atoms with Gasteiger partial charge in [-0.05, 0) is 60.9 Å². The van der Waals surface area contributed by atoms with Gasteiger partial charge in [0.15, 0.2) is 0 Å². The number of thiophene rings is 1. The highest BCUT2D eigenvalue weighted by atomic mass is 32.1. The summed E-state index contributed by atoms with van der Waals surface area (Å²) >= 11 is 1.98. The third-order valence-corrected chi connectivity index (χ3v) is 6.12. The van der Waals surface area contributed by atoms with Crippen LogP contribution in [0.3, 0.4) is 0 Å². The van der Waals surface area contributed by atoms with Crippen LogP contribution in [0.15, 0.2) is 29.8 Å². The fourth-order valence-corrected chi connectivity index (χ4v) is 5.08. The Hall–Kier alpha value is -1.60. The lowest BCUT2D eigenvalue weighted by molar-refractivity contribution is 0.866. The third kappa shape index (κ3) is 2.11. The molecule has 0 fully saturated rings. The quantitative estimate of drug-likeness (QED) is 0.762. The molecular weight excluding hydrogens is 284 g/mol. The SMILES string of the molecule is CCC1=C(c2c(C)sc3c2=CCCC=3)c2ccccc2CC1. The summed E-state index contributed by atoms with van der Waals surface area (Å²) in [5, 5.41) is 1.51. The molecule has 2 aromatic rings. The van der Waals surface area contributed by atoms with Crippen LogP contribution in [0.25, 0.3) is 17.7 Å². The normalized spacial score (nSPS) is 16.6. The standard InChI is InChI=1S/C21H22S/c1-3-15-12-13-16-8-4-5-9-17(16)21(15)20-14(2)22-19-11-7-6-10-18(19)20/h4-5,8-11H,3,6-7,12-13H2,1-2H3. The second-order valence-corrected chi connectivity index (χ2v) is 7.54. The molecule has 0 N–H and O–H groups in total. The van der Waals surface area contributed by atoms with Gasteiger partial charge in [0.05, 0.1) is 0 Å². The molecule has 4 rings (SSSR count). The molecule has 112 valence electrons. The van der Waals surface area contributed by atoms with E-state index in [4.69, 9.17) is 0 Å². The first-order chi connectivity index (χ1) is 10.8. The summed E-state index contributed by atoms with van der Waals surface area (Å²) in [4.78, 5) is 1.48. The molecule has 1 heteroatoms. The maximum Gasteiger partial charge on any atom is 0.0309 e. The molecule has 22 heavy (non-hydrogen) atoms. The average molecular weight is 306 g/mol. The lowest BCUT2D eigenvalue weighted by Gasteiger charge is -2.23. The zero-order valence-electron chi connectivity index (χ0n) is 13.4. The molecule has 0 atom stereocenters. The number of hydrogen-bond donors (Lipinski definition) is 0. The van der Waals surface area contributed by atoms with E-state index >= 15 is 0 Å². The van der Waals surface area contributed by atoms with Gasteiger partial charge in [-0.25, -0.2) is 0 Å². The number of hydrogen-bond acceptors (Lipinski definition) is 1. The van der Waals surface area contributed by atoms with Crippen LogP contribution in [0.4, 0.5) is 0 Å². The minimum absolute atomic E-state index is 1.16. The number of benzene rings is 1. The number of rotatable bonds is 2. The summed E-state index contributed by atoms with van der Waals surface area (Å²) in [6.45, 7) is 4.62. The summed E-state index contributed by atoms with van der Waals surface area (Å²) in [6.07, 6.45) is 10.9. The first-order valence-corrected chi connectivity index (χ1v) is 9.21. The third-order valence-electron chi connectivity index (χ3n) is 5.01. The summed E-state index contributed by atoms with van der Waals surface area (Å²) in [6, 6.07) is 9.02. The van der Waals surface area contributed by atoms with Crippen molar-refractivity contribution in [3.63, 3.8) is 0 Å². The maximum atomic E-state index is 2.46. The Bertz CT molecular complexity index is 877. The predicted octanol–water partition coefficient (Wildman–Crippen LogP) is 4.57. The molecule has 1 aromatic heterocycles. The Kier molecular flexibility index (Phi) is 3.54. The summed E-state index contributed by atoms with van der Waals surface area (Å²) < 4.78 is 1.49. The highest BCUT2D eigenvalue weighted by Gasteiger charge is 2.22. The molecule has 2 aliphatic rings. The fraction of sp³-hybridized carbons (Fsp3) is 0.333. The second-order valence-electron chi connectivity index (χ2n) is 6.29. The first-order valence-electron chi connectivity index (χ1n) is 8.40. The average Bonchev–Trinajstić information content (AvgIpc) is 2.89. The van der Waals surface area contributed by atoms with Crippen molar-refractivity contribution < 1.29 is 0 Å². The Morgan fingerprint density at radius 3 is 2.73 bits per heavy atom. The second kappa shape index (κ2) is 5.55. The Morgan fingerprint density at radius 1 is 1.05 bits per heavy atom. The van der Waals surface area contributed by atoms with Gasteiger partial charge in [-0.2, -0.15) is 0 Å². The Labute approximate surface area is 136 Å². The summed E-state index contributed by atoms with van der Waals surface area (Å²) in [7, 11) is 0. The first kappa shape index (κ1) is 14.0. The maximum absolute atomic E-state index is 2.46. The summed E-state index contributed by atoms with van der Waals surface area (Å²) in [5.41, 5.74) is 7.72. The van der Waals surface area contributed by atoms with Gasteiger partial charge in [-0.15, -0.1) is 11.3 Å². The molecule has 0 radical (unpaired) electrons. The molecule has 0 bridgehead atoms. The highest BCUT2D eigenvalue weighted by molar-refractivity contribution is 7.10. The van der Waals surface area contributed by atoms with Crippen LogP contribution in [0, 0.1) is 6.92 Å². The van der Waals surface area contributed by atoms with Crippen molar-refractivity contribution in [1.29, 1.82) is 0 Å². The molecule has 1 heterocycles. The molecule has 0 aliphatic heterocycles. The molecule has 0 spiro atoms. The van der Waals surface area contributed by atoms with E-state index in [-0.39, 0.29) is 0 Å². The number of fused-ring (bicyclic) bond motifs is 2. The van der Waals surface area contributed by atoms with E-state index < -0.39 is 0 Å². The van der Waals surface area contributed by atoms with E-state index in [1.807, 2.05) is 11.3 Å². The summed E-state index contributed by atoms with van der Waals surface area (Å²) in [5.74, 6) is 0. The predicted molar refractivity (Wildman–Crippen MR) is 97.5 cm³/mol. The molecular formula is C21H22S. The lowest BCUT2D eigenvalue weighted by atomic mass is 9.81. The smallest absolute Gasteiger partial charge is 0.0309 e. The van der Waals surface area contributed by atoms with Crippen LogP contribution in [0.2, 0.25) is 0 Å². The minimum Gasteiger partial charge on any atom is -0.140 e. The van der Waals surface area contributed by atoms with Crippen LogP contribution >= 0.6 is 11.3 Å². The molecule has 0 nitrogen and oxygen atoms in total. The van der Waals surface area contributed by atoms with Crippen LogP contribution in [0.5, 0.6) is 0 Å². The van der Waals surface area contributed by atoms with Gasteiger partial charge in [0.2, 0.25) is 0 Å². The van der Waals surface area contributed by atoms with Crippen LogP contribution in [-0.4, -0.2) is 0 Å². The van der Waals surface area contributed by atoms with E-state index in [0.29, 0.717) is 0 Å². The molecule has 1 aromatic carbocycles. The van der Waals surface area contributed by atoms with Gasteiger partial charge in [0.25, 0.3) is 0 Å². The Balaban J connectivity index is 2.06. The van der Waals surface area contributed by atoms with Crippen molar-refractivity contribution >= 4 is 29.1 Å². The topological polar surface area (TPSA) is 0 Å². The van der Waals surface area contributed by atoms with Gasteiger partial charge in [-0.1, -0.05) is 48.9 Å². The monoisotopic (exact) mass is 306 g/mol. The Morgan fingerprint density at radius 2 is 1.86 bits per heavy atom. The van der Waals surface area contributed by atoms with Crippen molar-refractivity contribution in [2.24, 2.45) is 0 Å². The van der Waals surface area contributed by atoms with Gasteiger partial charge in [0, 0.05) is 15.0 Å². The highest BCUT2D eigenvalue weighted by Crippen LogP contribution is 2.37. The van der Waals surface area contributed by atoms with E-state index in [1.54, 1.807) is 11.1 Å². The van der Waals surface area contributed by atoms with Gasteiger partial charge in [-0.3, -0.25) is 0 Å². The van der Waals surface area contributed by atoms with Crippen molar-refractivity contribution in [1.82, 2.24) is 0 Å². The van der Waals surface area contributed by atoms with Gasteiger partial charge >= 0.3 is 0 Å². The minimum atomic E-state index is 1.16. The molecule has 0 unspecified atom stereocenters. The molecule has 0 amide bonds. The fourth-order valence-electron chi connectivity index (χ4n) is 3.94. The largest absolute Gasteiger partial charge is 0.140 e. The van der Waals surface area contributed by atoms with E-state index in [1.165, 1.54) is 57.0 Å². The van der Waals surface area contributed by atoms with E-state index in [9.17, 15) is 0 Å². The van der Waals surface area contributed by atoms with E-state index in [0.717, 1.165) is 6.42 Å². The zero-order chi connectivity index (χ0) is 15.1.